The van der Waals surface area contributed by atoms with E-state index in [1.54, 1.807) is 0 Å². The molecule has 0 aromatic carbocycles. The fraction of sp³-hybridized carbons (Fsp3) is 0.753. The quantitative estimate of drug-likeness (QED) is 0.0146. The van der Waals surface area contributed by atoms with Crippen molar-refractivity contribution < 1.29 is 75.8 Å². The summed E-state index contributed by atoms with van der Waals surface area (Å²) in [7, 11) is -9.79. The Hall–Kier alpha value is -3.79. The lowest BCUT2D eigenvalue weighted by Gasteiger charge is -2.21. The second kappa shape index (κ2) is 77.8. The van der Waals surface area contributed by atoms with Crippen LogP contribution in [0.3, 0.4) is 0 Å². The van der Waals surface area contributed by atoms with Crippen LogP contribution in [-0.4, -0.2) is 95.9 Å². The van der Waals surface area contributed by atoms with E-state index in [-0.39, 0.29) is 19.3 Å². The molecule has 0 aromatic heterocycles. The highest BCUT2D eigenvalue weighted by Crippen LogP contribution is 2.45. The number of aliphatic hydroxyl groups is 2. The third-order valence-corrected chi connectivity index (χ3v) is 19.3. The van der Waals surface area contributed by atoms with Crippen molar-refractivity contribution >= 4 is 33.6 Å². The van der Waals surface area contributed by atoms with Gasteiger partial charge in [0.1, 0.15) is 25.4 Å². The molecular formula is C85H150O16P2. The van der Waals surface area contributed by atoms with Crippen LogP contribution in [0, 0.1) is 0 Å². The predicted octanol–water partition coefficient (Wildman–Crippen LogP) is 24.3. The number of ether oxygens (including phenoxy) is 3. The lowest BCUT2D eigenvalue weighted by atomic mass is 10.0. The summed E-state index contributed by atoms with van der Waals surface area (Å²) < 4.78 is 61.1. The first-order valence-electron chi connectivity index (χ1n) is 41.2. The van der Waals surface area contributed by atoms with Crippen molar-refractivity contribution in [2.75, 3.05) is 39.6 Å². The number of rotatable bonds is 78. The molecule has 0 aliphatic carbocycles. The van der Waals surface area contributed by atoms with Gasteiger partial charge >= 0.3 is 33.6 Å². The van der Waals surface area contributed by atoms with Crippen molar-refractivity contribution in [3.05, 3.63) is 109 Å². The second-order valence-corrected chi connectivity index (χ2v) is 30.5. The Morgan fingerprint density at radius 2 is 0.505 bits per heavy atom. The van der Waals surface area contributed by atoms with Gasteiger partial charge in [0, 0.05) is 19.3 Å². The normalized spacial score (nSPS) is 14.5. The Bertz CT molecular complexity index is 2310. The lowest BCUT2D eigenvalue weighted by molar-refractivity contribution is -0.161. The van der Waals surface area contributed by atoms with Crippen LogP contribution >= 0.6 is 15.6 Å². The Morgan fingerprint density at radius 1 is 0.272 bits per heavy atom. The Labute approximate surface area is 628 Å². The van der Waals surface area contributed by atoms with Crippen molar-refractivity contribution in [3.63, 3.8) is 0 Å². The molecule has 0 rings (SSSR count). The third kappa shape index (κ3) is 79.1. The molecule has 16 nitrogen and oxygen atoms in total. The average Bonchev–Trinajstić information content (AvgIpc) is 0.934. The first-order chi connectivity index (χ1) is 50.2. The first kappa shape index (κ1) is 99.2. The average molecular weight is 1490 g/mol. The Morgan fingerprint density at radius 3 is 0.806 bits per heavy atom. The maximum absolute atomic E-state index is 12.9. The minimum absolute atomic E-state index is 0.0850. The molecule has 0 aromatic rings. The molecule has 18 heteroatoms. The van der Waals surface area contributed by atoms with Crippen LogP contribution < -0.4 is 0 Å². The summed E-state index contributed by atoms with van der Waals surface area (Å²) in [5.41, 5.74) is 0. The number of carbonyl (C=O) groups excluding carboxylic acids is 3. The topological polar surface area (TPSA) is 231 Å². The van der Waals surface area contributed by atoms with Crippen LogP contribution in [-0.2, 0) is 55.8 Å². The van der Waals surface area contributed by atoms with Crippen LogP contribution in [0.4, 0.5) is 0 Å². The molecule has 5 unspecified atom stereocenters. The minimum Gasteiger partial charge on any atom is -0.463 e. The summed E-state index contributed by atoms with van der Waals surface area (Å²) >= 11 is 0. The van der Waals surface area contributed by atoms with Crippen LogP contribution in [0.15, 0.2) is 109 Å². The van der Waals surface area contributed by atoms with Gasteiger partial charge in [0.25, 0.3) is 0 Å². The highest BCUT2D eigenvalue weighted by Gasteiger charge is 2.29. The summed E-state index contributed by atoms with van der Waals surface area (Å²) in [6.45, 7) is 2.55. The molecule has 0 saturated heterocycles. The molecule has 0 radical (unpaired) electrons. The molecule has 0 aliphatic rings. The fourth-order valence-electron chi connectivity index (χ4n) is 11.1. The second-order valence-electron chi connectivity index (χ2n) is 27.6. The molecule has 0 bridgehead atoms. The summed E-state index contributed by atoms with van der Waals surface area (Å²) in [5, 5.41) is 20.6. The molecule has 103 heavy (non-hydrogen) atoms. The van der Waals surface area contributed by atoms with Gasteiger partial charge in [-0.3, -0.25) is 32.5 Å². The molecule has 0 saturated carbocycles. The lowest BCUT2D eigenvalue weighted by Crippen LogP contribution is -2.30. The van der Waals surface area contributed by atoms with Crippen molar-refractivity contribution in [1.82, 2.24) is 0 Å². The molecule has 0 amide bonds. The SMILES string of the molecule is CCC/C=C\C/C=C\CCCCCCCC(=O)OC(COC(=O)CCCCCCCC/C=C\C/C=C\C/C=C\CCCCC)COP(=O)(O)OCC(O)COP(=O)(O)OCC(O)COC(=O)CCCCCCCCCCCCCCCCCCCCC/C=C\C/C=C\C/C=C\C/C=C\CCCCC. The van der Waals surface area contributed by atoms with Gasteiger partial charge in [0.05, 0.1) is 26.4 Å². The zero-order valence-electron chi connectivity index (χ0n) is 65.2. The highest BCUT2D eigenvalue weighted by molar-refractivity contribution is 7.47. The molecule has 4 N–H and O–H groups in total. The van der Waals surface area contributed by atoms with E-state index in [2.05, 4.69) is 130 Å². The predicted molar refractivity (Wildman–Crippen MR) is 427 cm³/mol. The zero-order chi connectivity index (χ0) is 75.2. The third-order valence-electron chi connectivity index (χ3n) is 17.4. The van der Waals surface area contributed by atoms with Gasteiger partial charge in [0.2, 0.25) is 0 Å². The molecule has 0 heterocycles. The number of hydrogen-bond donors (Lipinski definition) is 4. The number of allylic oxidation sites excluding steroid dienone is 18. The first-order valence-corrected chi connectivity index (χ1v) is 44.2. The van der Waals surface area contributed by atoms with E-state index >= 15 is 0 Å². The maximum Gasteiger partial charge on any atom is 0.472 e. The molecule has 0 spiro atoms. The summed E-state index contributed by atoms with van der Waals surface area (Å²) in [6, 6.07) is 0. The van der Waals surface area contributed by atoms with Crippen molar-refractivity contribution in [3.8, 4) is 0 Å². The van der Waals surface area contributed by atoms with Crippen LogP contribution in [0.1, 0.15) is 355 Å². The van der Waals surface area contributed by atoms with Gasteiger partial charge in [-0.05, 0) is 128 Å². The van der Waals surface area contributed by atoms with Gasteiger partial charge in [-0.1, -0.05) is 316 Å². The van der Waals surface area contributed by atoms with E-state index < -0.39 is 91.5 Å². The number of carbonyl (C=O) groups is 3. The van der Waals surface area contributed by atoms with E-state index in [4.69, 9.17) is 32.3 Å². The smallest absolute Gasteiger partial charge is 0.463 e. The largest absolute Gasteiger partial charge is 0.472 e. The monoisotopic (exact) mass is 1490 g/mol. The Balaban J connectivity index is 4.36. The summed E-state index contributed by atoms with van der Waals surface area (Å²) in [4.78, 5) is 58.6. The van der Waals surface area contributed by atoms with E-state index in [9.17, 15) is 43.5 Å². The van der Waals surface area contributed by atoms with Gasteiger partial charge < -0.3 is 34.2 Å². The minimum atomic E-state index is -4.93. The number of esters is 3. The number of hydrogen-bond acceptors (Lipinski definition) is 14. The highest BCUT2D eigenvalue weighted by atomic mass is 31.2. The van der Waals surface area contributed by atoms with Crippen LogP contribution in [0.2, 0.25) is 0 Å². The fourth-order valence-corrected chi connectivity index (χ4v) is 12.7. The number of phosphoric acid groups is 2. The van der Waals surface area contributed by atoms with Gasteiger partial charge in [0.15, 0.2) is 6.10 Å². The standard InChI is InChI=1S/C85H150O16P2/c1-4-7-10-13-16-19-22-25-27-29-31-32-33-34-35-36-37-38-39-40-41-42-43-44-45-46-48-50-51-54-56-59-62-65-68-71-83(88)95-74-80(86)75-97-102(91,92)98-76-81(87)77-99-103(93,94)100-79-82(101-85(90)73-70-67-64-61-58-53-24-21-18-15-12-9-6-3)78-96-84(89)72-69-66-63-60-57-55-52-49-47-30-28-26-23-20-17-14-11-8-5-2/h12,15-17,19-21,24-28,31-32,34-35,47,49,80-82,86-87H,4-11,13-14,18,22-23,29-30,33,36-46,48,50-79H2,1-3H3,(H,91,92)(H,93,94)/b15-12-,19-16-,20-17-,24-21-,27-25-,28-26-,32-31-,35-34-,49-47-. The van der Waals surface area contributed by atoms with E-state index in [1.165, 1.54) is 148 Å². The van der Waals surface area contributed by atoms with Gasteiger partial charge in [-0.25, -0.2) is 9.13 Å². The maximum atomic E-state index is 12.9. The van der Waals surface area contributed by atoms with Crippen LogP contribution in [0.25, 0.3) is 0 Å². The number of aliphatic hydroxyl groups excluding tert-OH is 2. The zero-order valence-corrected chi connectivity index (χ0v) is 67.0. The molecular weight excluding hydrogens is 1340 g/mol. The molecule has 5 atom stereocenters. The van der Waals surface area contributed by atoms with Gasteiger partial charge in [-0.2, -0.15) is 0 Å². The molecule has 0 aliphatic heterocycles. The van der Waals surface area contributed by atoms with E-state index in [0.29, 0.717) is 19.3 Å². The van der Waals surface area contributed by atoms with E-state index in [0.717, 1.165) is 148 Å². The van der Waals surface area contributed by atoms with E-state index in [1.807, 2.05) is 0 Å². The number of phosphoric ester groups is 2. The van der Waals surface area contributed by atoms with Crippen molar-refractivity contribution in [2.45, 2.75) is 373 Å². The Kier molecular flexibility index (Phi) is 74.9. The summed E-state index contributed by atoms with van der Waals surface area (Å²) in [5.74, 6) is -1.60. The summed E-state index contributed by atoms with van der Waals surface area (Å²) in [6.07, 6.45) is 91.6. The number of unbranched alkanes of at least 4 members (excludes halogenated alkanes) is 37. The molecule has 0 fully saturated rings. The van der Waals surface area contributed by atoms with Crippen molar-refractivity contribution in [1.29, 1.82) is 0 Å². The molecule has 596 valence electrons. The van der Waals surface area contributed by atoms with Gasteiger partial charge in [-0.15, -0.1) is 0 Å². The van der Waals surface area contributed by atoms with Crippen LogP contribution in [0.5, 0.6) is 0 Å². The van der Waals surface area contributed by atoms with Crippen molar-refractivity contribution in [2.24, 2.45) is 0 Å².